The Morgan fingerprint density at radius 2 is 2.06 bits per heavy atom. The highest BCUT2D eigenvalue weighted by Crippen LogP contribution is 2.31. The maximum Gasteiger partial charge on any atom is 0.241 e. The smallest absolute Gasteiger partial charge is 0.241 e. The number of thioether (sulfide) groups is 1. The van der Waals surface area contributed by atoms with Crippen molar-refractivity contribution in [2.75, 3.05) is 0 Å². The molecule has 0 aromatic heterocycles. The topological polar surface area (TPSA) is 20.3 Å². The summed E-state index contributed by atoms with van der Waals surface area (Å²) in [4.78, 5) is 14.0. The van der Waals surface area contributed by atoms with Gasteiger partial charge in [0.1, 0.15) is 4.32 Å². The number of benzene rings is 1. The Morgan fingerprint density at radius 1 is 1.33 bits per heavy atom. The lowest BCUT2D eigenvalue weighted by atomic mass is 10.1. The maximum atomic E-state index is 12.2. The maximum absolute atomic E-state index is 12.2. The van der Waals surface area contributed by atoms with Crippen LogP contribution in [0, 0.1) is 0 Å². The number of carbonyl (C=O) groups is 1. The normalized spacial score (nSPS) is 19.6. The van der Waals surface area contributed by atoms with Crippen molar-refractivity contribution in [1.82, 2.24) is 4.90 Å². The average Bonchev–Trinajstić information content (AvgIpc) is 2.65. The molecular formula is C14H17NOS2. The first kappa shape index (κ1) is 13.6. The van der Waals surface area contributed by atoms with Crippen LogP contribution in [0.3, 0.4) is 0 Å². The Labute approximate surface area is 118 Å². The predicted molar refractivity (Wildman–Crippen MR) is 80.5 cm³/mol. The van der Waals surface area contributed by atoms with Crippen molar-refractivity contribution in [2.45, 2.75) is 38.0 Å². The third kappa shape index (κ3) is 3.12. The molecule has 1 aliphatic rings. The molecule has 0 saturated carbocycles. The zero-order valence-electron chi connectivity index (χ0n) is 10.5. The predicted octanol–water partition coefficient (Wildman–Crippen LogP) is 3.61. The van der Waals surface area contributed by atoms with Crippen molar-refractivity contribution >= 4 is 34.2 Å². The molecule has 1 amide bonds. The van der Waals surface area contributed by atoms with Crippen molar-refractivity contribution in [3.8, 4) is 0 Å². The van der Waals surface area contributed by atoms with E-state index in [1.807, 2.05) is 30.3 Å². The van der Waals surface area contributed by atoms with Crippen LogP contribution in [-0.2, 0) is 11.3 Å². The van der Waals surface area contributed by atoms with Gasteiger partial charge in [-0.15, -0.1) is 0 Å². The molecule has 1 atom stereocenters. The molecule has 0 aliphatic carbocycles. The van der Waals surface area contributed by atoms with E-state index in [0.717, 1.165) is 29.1 Å². The van der Waals surface area contributed by atoms with Crippen molar-refractivity contribution in [3.05, 3.63) is 35.9 Å². The van der Waals surface area contributed by atoms with Crippen LogP contribution in [0.25, 0.3) is 0 Å². The van der Waals surface area contributed by atoms with E-state index in [-0.39, 0.29) is 11.2 Å². The van der Waals surface area contributed by atoms with Crippen LogP contribution >= 0.6 is 24.0 Å². The first-order valence-corrected chi connectivity index (χ1v) is 7.57. The van der Waals surface area contributed by atoms with Gasteiger partial charge in [-0.3, -0.25) is 9.69 Å². The SMILES string of the molecule is CCCCC1SC(=S)N(Cc2ccccc2)C1=O. The summed E-state index contributed by atoms with van der Waals surface area (Å²) in [6.07, 6.45) is 3.15. The highest BCUT2D eigenvalue weighted by molar-refractivity contribution is 8.24. The molecule has 1 aromatic carbocycles. The van der Waals surface area contributed by atoms with Crippen LogP contribution < -0.4 is 0 Å². The van der Waals surface area contributed by atoms with Crippen molar-refractivity contribution in [3.63, 3.8) is 0 Å². The fraction of sp³-hybridized carbons (Fsp3) is 0.429. The number of hydrogen-bond acceptors (Lipinski definition) is 3. The third-order valence-corrected chi connectivity index (χ3v) is 4.66. The Hall–Kier alpha value is -0.870. The minimum absolute atomic E-state index is 0.0427. The van der Waals surface area contributed by atoms with Gasteiger partial charge in [-0.2, -0.15) is 0 Å². The monoisotopic (exact) mass is 279 g/mol. The number of rotatable bonds is 5. The summed E-state index contributed by atoms with van der Waals surface area (Å²) in [5, 5.41) is 0.0427. The molecule has 1 saturated heterocycles. The Bertz CT molecular complexity index is 433. The highest BCUT2D eigenvalue weighted by atomic mass is 32.2. The van der Waals surface area contributed by atoms with Gasteiger partial charge < -0.3 is 0 Å². The zero-order valence-corrected chi connectivity index (χ0v) is 12.1. The van der Waals surface area contributed by atoms with Gasteiger partial charge in [-0.1, -0.05) is 74.1 Å². The fourth-order valence-electron chi connectivity index (χ4n) is 1.98. The molecule has 1 heterocycles. The van der Waals surface area contributed by atoms with Gasteiger partial charge in [0.2, 0.25) is 5.91 Å². The molecule has 0 spiro atoms. The molecule has 0 radical (unpaired) electrons. The van der Waals surface area contributed by atoms with E-state index in [1.54, 1.807) is 16.7 Å². The van der Waals surface area contributed by atoms with Crippen LogP contribution in [0.2, 0.25) is 0 Å². The Balaban J connectivity index is 2.01. The van der Waals surface area contributed by atoms with Gasteiger partial charge >= 0.3 is 0 Å². The summed E-state index contributed by atoms with van der Waals surface area (Å²) < 4.78 is 0.727. The van der Waals surface area contributed by atoms with Crippen LogP contribution in [-0.4, -0.2) is 20.4 Å². The van der Waals surface area contributed by atoms with E-state index in [4.69, 9.17) is 12.2 Å². The van der Waals surface area contributed by atoms with Gasteiger partial charge in [0.15, 0.2) is 0 Å². The number of carbonyl (C=O) groups excluding carboxylic acids is 1. The highest BCUT2D eigenvalue weighted by Gasteiger charge is 2.35. The molecule has 1 fully saturated rings. The third-order valence-electron chi connectivity index (χ3n) is 3.01. The van der Waals surface area contributed by atoms with Gasteiger partial charge in [-0.25, -0.2) is 0 Å². The Kier molecular flexibility index (Phi) is 4.78. The molecule has 0 bridgehead atoms. The molecule has 1 aromatic rings. The van der Waals surface area contributed by atoms with Crippen molar-refractivity contribution < 1.29 is 4.79 Å². The molecule has 4 heteroatoms. The molecule has 18 heavy (non-hydrogen) atoms. The summed E-state index contributed by atoms with van der Waals surface area (Å²) in [7, 11) is 0. The van der Waals surface area contributed by atoms with Crippen molar-refractivity contribution in [2.24, 2.45) is 0 Å². The average molecular weight is 279 g/mol. The second-order valence-electron chi connectivity index (χ2n) is 4.42. The first-order chi connectivity index (χ1) is 8.72. The number of unbranched alkanes of at least 4 members (excludes halogenated alkanes) is 1. The zero-order chi connectivity index (χ0) is 13.0. The van der Waals surface area contributed by atoms with Crippen LogP contribution in [0.15, 0.2) is 30.3 Å². The summed E-state index contributed by atoms with van der Waals surface area (Å²) in [5.41, 5.74) is 1.13. The quantitative estimate of drug-likeness (QED) is 0.768. The molecule has 1 unspecified atom stereocenters. The number of thiocarbonyl (C=S) groups is 1. The number of hydrogen-bond donors (Lipinski definition) is 0. The molecule has 0 N–H and O–H groups in total. The largest absolute Gasteiger partial charge is 0.292 e. The summed E-state index contributed by atoms with van der Waals surface area (Å²) in [5.74, 6) is 0.183. The van der Waals surface area contributed by atoms with Gasteiger partial charge in [0.05, 0.1) is 11.8 Å². The lowest BCUT2D eigenvalue weighted by molar-refractivity contribution is -0.126. The van der Waals surface area contributed by atoms with E-state index in [9.17, 15) is 4.79 Å². The lowest BCUT2D eigenvalue weighted by Crippen LogP contribution is -2.30. The van der Waals surface area contributed by atoms with E-state index >= 15 is 0 Å². The summed E-state index contributed by atoms with van der Waals surface area (Å²) >= 11 is 6.86. The molecular weight excluding hydrogens is 262 g/mol. The minimum atomic E-state index is 0.0427. The molecule has 96 valence electrons. The molecule has 1 aliphatic heterocycles. The minimum Gasteiger partial charge on any atom is -0.292 e. The summed E-state index contributed by atoms with van der Waals surface area (Å²) in [6, 6.07) is 10.0. The van der Waals surface area contributed by atoms with E-state index in [2.05, 4.69) is 6.92 Å². The van der Waals surface area contributed by atoms with Gasteiger partial charge in [0, 0.05) is 0 Å². The standard InChI is InChI=1S/C14H17NOS2/c1-2-3-9-12-13(16)15(14(17)18-12)10-11-7-5-4-6-8-11/h4-8,12H,2-3,9-10H2,1H3. The van der Waals surface area contributed by atoms with Crippen LogP contribution in [0.1, 0.15) is 31.7 Å². The van der Waals surface area contributed by atoms with Gasteiger partial charge in [-0.05, 0) is 12.0 Å². The molecule has 2 nitrogen and oxygen atoms in total. The second-order valence-corrected chi connectivity index (χ2v) is 6.26. The lowest BCUT2D eigenvalue weighted by Gasteiger charge is -2.15. The van der Waals surface area contributed by atoms with E-state index < -0.39 is 0 Å². The van der Waals surface area contributed by atoms with Gasteiger partial charge in [0.25, 0.3) is 0 Å². The Morgan fingerprint density at radius 3 is 2.72 bits per heavy atom. The van der Waals surface area contributed by atoms with E-state index in [1.165, 1.54) is 0 Å². The molecule has 2 rings (SSSR count). The first-order valence-electron chi connectivity index (χ1n) is 6.28. The second kappa shape index (κ2) is 6.34. The summed E-state index contributed by atoms with van der Waals surface area (Å²) in [6.45, 7) is 2.75. The van der Waals surface area contributed by atoms with E-state index in [0.29, 0.717) is 6.54 Å². The van der Waals surface area contributed by atoms with Crippen LogP contribution in [0.4, 0.5) is 0 Å². The fourth-order valence-corrected chi connectivity index (χ4v) is 3.52. The number of nitrogens with zero attached hydrogens (tertiary/aromatic N) is 1. The van der Waals surface area contributed by atoms with Crippen molar-refractivity contribution in [1.29, 1.82) is 0 Å². The number of amides is 1. The van der Waals surface area contributed by atoms with Crippen LogP contribution in [0.5, 0.6) is 0 Å².